The Morgan fingerprint density at radius 1 is 1.42 bits per heavy atom. The van der Waals surface area contributed by atoms with Gasteiger partial charge in [0.25, 0.3) is 5.56 Å². The minimum Gasteiger partial charge on any atom is -0.355 e. The number of hydrogen-bond acceptors (Lipinski definition) is 5. The van der Waals surface area contributed by atoms with E-state index >= 15 is 0 Å². The van der Waals surface area contributed by atoms with Gasteiger partial charge in [-0.25, -0.2) is 4.98 Å². The average molecular weight is 323 g/mol. The number of nitrogens with zero attached hydrogens (tertiary/aromatic N) is 4. The number of piperidine rings is 1. The minimum absolute atomic E-state index is 0.0770. The van der Waals surface area contributed by atoms with Gasteiger partial charge in [0.2, 0.25) is 0 Å². The lowest BCUT2D eigenvalue weighted by atomic mass is 10.00. The molecule has 0 unspecified atom stereocenters. The maximum atomic E-state index is 12.7. The second kappa shape index (κ2) is 6.85. The number of aromatic nitrogens is 2. The Morgan fingerprint density at radius 2 is 2.21 bits per heavy atom. The van der Waals surface area contributed by atoms with Crippen LogP contribution in [0.4, 0.5) is 5.82 Å². The molecule has 0 amide bonds. The van der Waals surface area contributed by atoms with Crippen molar-refractivity contribution in [1.82, 2.24) is 9.55 Å². The Hall–Kier alpha value is -2.65. The third kappa shape index (κ3) is 3.17. The number of anilines is 1. The quantitative estimate of drug-likeness (QED) is 0.916. The standard InChI is InChI=1S/C18H21N5O/c1-22-12-21-17(23-8-4-7-15(20)11-23)16(18(22)24)9-13-5-2-3-6-14(13)10-19/h2-3,5-6,12,15H,4,7-9,11,20H2,1H3/t15-/m1/s1. The Balaban J connectivity index is 2.04. The molecule has 3 rings (SSSR count). The summed E-state index contributed by atoms with van der Waals surface area (Å²) < 4.78 is 1.48. The summed E-state index contributed by atoms with van der Waals surface area (Å²) in [5.41, 5.74) is 8.06. The van der Waals surface area contributed by atoms with Gasteiger partial charge in [0.1, 0.15) is 5.82 Å². The summed E-state index contributed by atoms with van der Waals surface area (Å²) in [6.45, 7) is 1.55. The van der Waals surface area contributed by atoms with Crippen molar-refractivity contribution in [3.63, 3.8) is 0 Å². The molecular formula is C18H21N5O. The molecule has 1 aromatic heterocycles. The van der Waals surface area contributed by atoms with Gasteiger partial charge in [-0.3, -0.25) is 4.79 Å². The van der Waals surface area contributed by atoms with Gasteiger partial charge in [-0.1, -0.05) is 18.2 Å². The molecule has 1 saturated heterocycles. The SMILES string of the molecule is Cn1cnc(N2CCC[C@@H](N)C2)c(Cc2ccccc2C#N)c1=O. The fourth-order valence-electron chi connectivity index (χ4n) is 3.18. The molecule has 2 aromatic rings. The lowest BCUT2D eigenvalue weighted by Crippen LogP contribution is -2.44. The third-order valence-electron chi connectivity index (χ3n) is 4.46. The van der Waals surface area contributed by atoms with Gasteiger partial charge >= 0.3 is 0 Å². The van der Waals surface area contributed by atoms with E-state index in [0.29, 0.717) is 29.9 Å². The molecule has 0 spiro atoms. The summed E-state index contributed by atoms with van der Waals surface area (Å²) >= 11 is 0. The first-order valence-electron chi connectivity index (χ1n) is 8.13. The van der Waals surface area contributed by atoms with Crippen molar-refractivity contribution in [1.29, 1.82) is 5.26 Å². The first-order chi connectivity index (χ1) is 11.6. The predicted octanol–water partition coefficient (Wildman–Crippen LogP) is 1.17. The highest BCUT2D eigenvalue weighted by Gasteiger charge is 2.23. The predicted molar refractivity (Wildman–Crippen MR) is 92.9 cm³/mol. The third-order valence-corrected chi connectivity index (χ3v) is 4.46. The smallest absolute Gasteiger partial charge is 0.258 e. The monoisotopic (exact) mass is 323 g/mol. The Labute approximate surface area is 141 Å². The van der Waals surface area contributed by atoms with Crippen LogP contribution in [0.3, 0.4) is 0 Å². The van der Waals surface area contributed by atoms with Gasteiger partial charge in [-0.2, -0.15) is 5.26 Å². The van der Waals surface area contributed by atoms with Crippen molar-refractivity contribution >= 4 is 5.82 Å². The topological polar surface area (TPSA) is 87.9 Å². The molecule has 1 atom stereocenters. The van der Waals surface area contributed by atoms with Crippen LogP contribution in [0.25, 0.3) is 0 Å². The van der Waals surface area contributed by atoms with Crippen molar-refractivity contribution in [2.45, 2.75) is 25.3 Å². The van der Waals surface area contributed by atoms with E-state index in [1.54, 1.807) is 19.4 Å². The van der Waals surface area contributed by atoms with E-state index in [1.165, 1.54) is 4.57 Å². The van der Waals surface area contributed by atoms with Crippen molar-refractivity contribution in [2.75, 3.05) is 18.0 Å². The van der Waals surface area contributed by atoms with Crippen molar-refractivity contribution in [3.8, 4) is 6.07 Å². The highest BCUT2D eigenvalue weighted by atomic mass is 16.1. The molecule has 1 fully saturated rings. The van der Waals surface area contributed by atoms with Crippen LogP contribution in [-0.2, 0) is 13.5 Å². The van der Waals surface area contributed by atoms with Crippen LogP contribution in [0.2, 0.25) is 0 Å². The highest BCUT2D eigenvalue weighted by molar-refractivity contribution is 5.50. The van der Waals surface area contributed by atoms with Gasteiger partial charge in [-0.15, -0.1) is 0 Å². The van der Waals surface area contributed by atoms with Crippen LogP contribution >= 0.6 is 0 Å². The second-order valence-electron chi connectivity index (χ2n) is 6.26. The van der Waals surface area contributed by atoms with Gasteiger partial charge in [0.05, 0.1) is 23.5 Å². The number of aryl methyl sites for hydroxylation is 1. The molecule has 0 saturated carbocycles. The Morgan fingerprint density at radius 3 is 2.96 bits per heavy atom. The first-order valence-corrected chi connectivity index (χ1v) is 8.13. The number of hydrogen-bond donors (Lipinski definition) is 1. The summed E-state index contributed by atoms with van der Waals surface area (Å²) in [5, 5.41) is 9.30. The summed E-state index contributed by atoms with van der Waals surface area (Å²) in [4.78, 5) is 19.3. The molecule has 2 heterocycles. The van der Waals surface area contributed by atoms with Crippen molar-refractivity contribution < 1.29 is 0 Å². The molecule has 2 N–H and O–H groups in total. The Kier molecular flexibility index (Phi) is 4.63. The molecule has 0 radical (unpaired) electrons. The fourth-order valence-corrected chi connectivity index (χ4v) is 3.18. The van der Waals surface area contributed by atoms with Crippen molar-refractivity contribution in [2.24, 2.45) is 12.8 Å². The maximum Gasteiger partial charge on any atom is 0.258 e. The summed E-state index contributed by atoms with van der Waals surface area (Å²) in [7, 11) is 1.70. The molecule has 6 heteroatoms. The molecule has 1 aliphatic rings. The van der Waals surface area contributed by atoms with E-state index in [0.717, 1.165) is 24.9 Å². The van der Waals surface area contributed by atoms with Crippen LogP contribution in [0.1, 0.15) is 29.5 Å². The van der Waals surface area contributed by atoms with Crippen molar-refractivity contribution in [3.05, 3.63) is 57.6 Å². The van der Waals surface area contributed by atoms with Crippen LogP contribution in [0.15, 0.2) is 35.4 Å². The molecule has 24 heavy (non-hydrogen) atoms. The normalized spacial score (nSPS) is 17.5. The van der Waals surface area contributed by atoms with Gasteiger partial charge < -0.3 is 15.2 Å². The lowest BCUT2D eigenvalue weighted by molar-refractivity contribution is 0.501. The minimum atomic E-state index is -0.0770. The van der Waals surface area contributed by atoms with Crippen LogP contribution in [0, 0.1) is 11.3 Å². The van der Waals surface area contributed by atoms with Gasteiger partial charge in [-0.05, 0) is 24.5 Å². The largest absolute Gasteiger partial charge is 0.355 e. The average Bonchev–Trinajstić information content (AvgIpc) is 2.59. The zero-order valence-electron chi connectivity index (χ0n) is 13.8. The molecule has 0 aliphatic carbocycles. The zero-order valence-corrected chi connectivity index (χ0v) is 13.8. The van der Waals surface area contributed by atoms with E-state index in [2.05, 4.69) is 16.0 Å². The zero-order chi connectivity index (χ0) is 17.1. The number of nitrogens with two attached hydrogens (primary N) is 1. The number of nitriles is 1. The summed E-state index contributed by atoms with van der Waals surface area (Å²) in [6, 6.07) is 9.66. The molecule has 6 nitrogen and oxygen atoms in total. The Bertz CT molecular complexity index is 836. The van der Waals surface area contributed by atoms with E-state index in [9.17, 15) is 10.1 Å². The maximum absolute atomic E-state index is 12.7. The number of benzene rings is 1. The first kappa shape index (κ1) is 16.2. The van der Waals surface area contributed by atoms with E-state index in [-0.39, 0.29) is 11.6 Å². The van der Waals surface area contributed by atoms with E-state index in [4.69, 9.17) is 5.73 Å². The van der Waals surface area contributed by atoms with Crippen LogP contribution in [-0.4, -0.2) is 28.7 Å². The highest BCUT2D eigenvalue weighted by Crippen LogP contribution is 2.22. The molecule has 1 aromatic carbocycles. The summed E-state index contributed by atoms with van der Waals surface area (Å²) in [6.07, 6.45) is 3.93. The van der Waals surface area contributed by atoms with Gasteiger partial charge in [0, 0.05) is 32.6 Å². The second-order valence-corrected chi connectivity index (χ2v) is 6.26. The lowest BCUT2D eigenvalue weighted by Gasteiger charge is -2.32. The van der Waals surface area contributed by atoms with E-state index < -0.39 is 0 Å². The summed E-state index contributed by atoms with van der Waals surface area (Å²) in [5.74, 6) is 0.695. The fraction of sp³-hybridized carbons (Fsp3) is 0.389. The molecule has 124 valence electrons. The number of rotatable bonds is 3. The molecular weight excluding hydrogens is 302 g/mol. The molecule has 1 aliphatic heterocycles. The van der Waals surface area contributed by atoms with Crippen LogP contribution in [0.5, 0.6) is 0 Å². The molecule has 0 bridgehead atoms. The van der Waals surface area contributed by atoms with Crippen LogP contribution < -0.4 is 16.2 Å². The van der Waals surface area contributed by atoms with Gasteiger partial charge in [0.15, 0.2) is 0 Å². The van der Waals surface area contributed by atoms with E-state index in [1.807, 2.05) is 18.2 Å².